The quantitative estimate of drug-likeness (QED) is 0.834. The van der Waals surface area contributed by atoms with E-state index in [1.165, 1.54) is 0 Å². The summed E-state index contributed by atoms with van der Waals surface area (Å²) in [5, 5.41) is 6.99. The van der Waals surface area contributed by atoms with Crippen LogP contribution in [0.25, 0.3) is 11.4 Å². The normalized spacial score (nSPS) is 10.6. The number of H-pyrrole nitrogens is 1. The van der Waals surface area contributed by atoms with Gasteiger partial charge < -0.3 is 9.47 Å². The largest absolute Gasteiger partial charge is 0.480 e. The van der Waals surface area contributed by atoms with E-state index in [0.717, 1.165) is 5.56 Å². The van der Waals surface area contributed by atoms with Crippen molar-refractivity contribution < 1.29 is 9.47 Å². The summed E-state index contributed by atoms with van der Waals surface area (Å²) < 4.78 is 12.7. The number of nitrogens with zero attached hydrogens (tertiary/aromatic N) is 3. The molecule has 0 unspecified atom stereocenters. The molecule has 0 fully saturated rings. The van der Waals surface area contributed by atoms with Crippen molar-refractivity contribution >= 4 is 12.2 Å². The number of rotatable bonds is 5. The van der Waals surface area contributed by atoms with Crippen LogP contribution < -0.4 is 4.74 Å². The van der Waals surface area contributed by atoms with Gasteiger partial charge in [0.15, 0.2) is 10.6 Å². The van der Waals surface area contributed by atoms with Crippen molar-refractivity contribution in [3.8, 4) is 17.3 Å². The Morgan fingerprint density at radius 2 is 2.28 bits per heavy atom. The molecule has 2 aromatic heterocycles. The minimum Gasteiger partial charge on any atom is -0.480 e. The lowest BCUT2D eigenvalue weighted by molar-refractivity contribution is 0.187. The van der Waals surface area contributed by atoms with E-state index >= 15 is 0 Å². The predicted molar refractivity (Wildman–Crippen MR) is 69.1 cm³/mol. The third-order valence-corrected chi connectivity index (χ3v) is 2.79. The fourth-order valence-electron chi connectivity index (χ4n) is 1.64. The van der Waals surface area contributed by atoms with E-state index in [2.05, 4.69) is 15.2 Å². The van der Waals surface area contributed by atoms with Gasteiger partial charge in [0.2, 0.25) is 5.88 Å². The molecule has 7 heteroatoms. The number of hydrogen-bond donors (Lipinski definition) is 1. The van der Waals surface area contributed by atoms with Gasteiger partial charge in [0.1, 0.15) is 0 Å². The number of nitrogens with one attached hydrogen (secondary N) is 1. The molecule has 96 valence electrons. The number of methoxy groups -OCH3 is 2. The number of hydrogen-bond acceptors (Lipinski definition) is 5. The average molecular weight is 266 g/mol. The van der Waals surface area contributed by atoms with Gasteiger partial charge in [-0.2, -0.15) is 5.10 Å². The second-order valence-corrected chi connectivity index (χ2v) is 3.94. The summed E-state index contributed by atoms with van der Waals surface area (Å²) in [6.45, 7) is 1.18. The monoisotopic (exact) mass is 266 g/mol. The molecule has 0 aliphatic carbocycles. The second kappa shape index (κ2) is 5.74. The van der Waals surface area contributed by atoms with Crippen LogP contribution in [0.15, 0.2) is 18.3 Å². The molecule has 2 heterocycles. The lowest BCUT2D eigenvalue weighted by Gasteiger charge is -2.08. The van der Waals surface area contributed by atoms with Crippen molar-refractivity contribution in [3.63, 3.8) is 0 Å². The molecule has 0 aliphatic heterocycles. The maximum atomic E-state index is 5.22. The molecule has 0 spiro atoms. The predicted octanol–water partition coefficient (Wildman–Crippen LogP) is 1.66. The molecule has 18 heavy (non-hydrogen) atoms. The van der Waals surface area contributed by atoms with Crippen molar-refractivity contribution in [2.45, 2.75) is 6.54 Å². The van der Waals surface area contributed by atoms with Gasteiger partial charge in [0, 0.05) is 13.3 Å². The summed E-state index contributed by atoms with van der Waals surface area (Å²) in [4.78, 5) is 4.15. The zero-order valence-corrected chi connectivity index (χ0v) is 11.0. The van der Waals surface area contributed by atoms with Gasteiger partial charge >= 0.3 is 0 Å². The van der Waals surface area contributed by atoms with E-state index in [1.807, 2.05) is 16.7 Å². The van der Waals surface area contributed by atoms with Gasteiger partial charge in [-0.15, -0.1) is 0 Å². The Balaban J connectivity index is 2.47. The van der Waals surface area contributed by atoms with Crippen LogP contribution in [0.3, 0.4) is 0 Å². The van der Waals surface area contributed by atoms with Crippen LogP contribution in [0.2, 0.25) is 0 Å². The molecule has 0 aromatic carbocycles. The molecular weight excluding hydrogens is 252 g/mol. The van der Waals surface area contributed by atoms with E-state index in [-0.39, 0.29) is 0 Å². The highest BCUT2D eigenvalue weighted by atomic mass is 32.1. The molecule has 0 radical (unpaired) electrons. The summed E-state index contributed by atoms with van der Waals surface area (Å²) >= 11 is 5.19. The van der Waals surface area contributed by atoms with E-state index in [4.69, 9.17) is 21.7 Å². The fourth-order valence-corrected chi connectivity index (χ4v) is 1.86. The molecular formula is C11H14N4O2S. The standard InChI is InChI=1S/C11H14N4O2S/c1-16-7-6-15-9(13-14-11(15)18)8-4-3-5-12-10(8)17-2/h3-5H,6-7H2,1-2H3,(H,14,18). The van der Waals surface area contributed by atoms with Crippen LogP contribution >= 0.6 is 12.2 Å². The Morgan fingerprint density at radius 1 is 1.44 bits per heavy atom. The van der Waals surface area contributed by atoms with E-state index < -0.39 is 0 Å². The van der Waals surface area contributed by atoms with Crippen molar-refractivity contribution in [1.29, 1.82) is 0 Å². The molecule has 2 rings (SSSR count). The van der Waals surface area contributed by atoms with Crippen LogP contribution in [-0.2, 0) is 11.3 Å². The Labute approximate surface area is 110 Å². The van der Waals surface area contributed by atoms with E-state index in [0.29, 0.717) is 29.6 Å². The van der Waals surface area contributed by atoms with Gasteiger partial charge in [0.25, 0.3) is 0 Å². The maximum Gasteiger partial charge on any atom is 0.224 e. The Bertz CT molecular complexity index is 578. The van der Waals surface area contributed by atoms with Gasteiger partial charge in [0.05, 0.1) is 25.8 Å². The van der Waals surface area contributed by atoms with E-state index in [1.54, 1.807) is 20.4 Å². The first-order chi connectivity index (χ1) is 8.77. The lowest BCUT2D eigenvalue weighted by Crippen LogP contribution is -2.07. The Hall–Kier alpha value is -1.73. The molecule has 6 nitrogen and oxygen atoms in total. The van der Waals surface area contributed by atoms with Gasteiger partial charge in [-0.05, 0) is 24.4 Å². The molecule has 2 aromatic rings. The van der Waals surface area contributed by atoms with E-state index in [9.17, 15) is 0 Å². The first kappa shape index (κ1) is 12.7. The number of aromatic nitrogens is 4. The molecule has 0 atom stereocenters. The molecule has 0 saturated heterocycles. The van der Waals surface area contributed by atoms with Crippen LogP contribution in [0.1, 0.15) is 0 Å². The number of aromatic amines is 1. The molecule has 0 saturated carbocycles. The van der Waals surface area contributed by atoms with Gasteiger partial charge in [-0.3, -0.25) is 9.67 Å². The fraction of sp³-hybridized carbons (Fsp3) is 0.364. The van der Waals surface area contributed by atoms with Crippen LogP contribution in [0.5, 0.6) is 5.88 Å². The minimum absolute atomic E-state index is 0.519. The molecule has 1 N–H and O–H groups in total. The summed E-state index contributed by atoms with van der Waals surface area (Å²) in [6.07, 6.45) is 1.67. The third-order valence-electron chi connectivity index (χ3n) is 2.48. The van der Waals surface area contributed by atoms with Crippen LogP contribution in [0, 0.1) is 4.77 Å². The summed E-state index contributed by atoms with van der Waals surface area (Å²) in [5.74, 6) is 1.21. The SMILES string of the molecule is COCCn1c(-c2cccnc2OC)n[nH]c1=S. The Morgan fingerprint density at radius 3 is 3.00 bits per heavy atom. The zero-order chi connectivity index (χ0) is 13.0. The number of ether oxygens (including phenoxy) is 2. The highest BCUT2D eigenvalue weighted by Gasteiger charge is 2.13. The summed E-state index contributed by atoms with van der Waals surface area (Å²) in [5.41, 5.74) is 0.795. The van der Waals surface area contributed by atoms with Crippen molar-refractivity contribution in [2.24, 2.45) is 0 Å². The smallest absolute Gasteiger partial charge is 0.224 e. The van der Waals surface area contributed by atoms with Crippen molar-refractivity contribution in [3.05, 3.63) is 23.1 Å². The first-order valence-corrected chi connectivity index (χ1v) is 5.82. The van der Waals surface area contributed by atoms with Crippen LogP contribution in [-0.4, -0.2) is 40.6 Å². The van der Waals surface area contributed by atoms with Crippen molar-refractivity contribution in [2.75, 3.05) is 20.8 Å². The van der Waals surface area contributed by atoms with Gasteiger partial charge in [-0.1, -0.05) is 0 Å². The molecule has 0 amide bonds. The topological polar surface area (TPSA) is 65.0 Å². The first-order valence-electron chi connectivity index (χ1n) is 5.41. The molecule has 0 bridgehead atoms. The van der Waals surface area contributed by atoms with Crippen molar-refractivity contribution in [1.82, 2.24) is 19.7 Å². The number of pyridine rings is 1. The molecule has 0 aliphatic rings. The minimum atomic E-state index is 0.519. The summed E-state index contributed by atoms with van der Waals surface area (Å²) in [7, 11) is 3.22. The summed E-state index contributed by atoms with van der Waals surface area (Å²) in [6, 6.07) is 3.72. The van der Waals surface area contributed by atoms with Gasteiger partial charge in [-0.25, -0.2) is 4.98 Å². The highest BCUT2D eigenvalue weighted by molar-refractivity contribution is 7.71. The highest BCUT2D eigenvalue weighted by Crippen LogP contribution is 2.25. The Kier molecular flexibility index (Phi) is 4.06. The third kappa shape index (κ3) is 2.41. The lowest BCUT2D eigenvalue weighted by atomic mass is 10.2. The zero-order valence-electron chi connectivity index (χ0n) is 10.2. The average Bonchev–Trinajstić information content (AvgIpc) is 2.77. The van der Waals surface area contributed by atoms with Crippen LogP contribution in [0.4, 0.5) is 0 Å². The second-order valence-electron chi connectivity index (χ2n) is 3.56. The maximum absolute atomic E-state index is 5.22.